The predicted octanol–water partition coefficient (Wildman–Crippen LogP) is 9.85. The Hall–Kier alpha value is -0.694. The van der Waals surface area contributed by atoms with Gasteiger partial charge in [-0.3, -0.25) is 0 Å². The Morgan fingerprint density at radius 2 is 1.08 bits per heavy atom. The summed E-state index contributed by atoms with van der Waals surface area (Å²) < 4.78 is 6.65. The third-order valence-corrected chi connectivity index (χ3v) is 38.8. The molecule has 2 aromatic rings. The Morgan fingerprint density at radius 1 is 0.667 bits per heavy atom. The first-order chi connectivity index (χ1) is 18.3. The van der Waals surface area contributed by atoms with E-state index in [1.807, 2.05) is 15.4 Å². The van der Waals surface area contributed by atoms with Crippen molar-refractivity contribution in [3.05, 3.63) is 80.7 Å². The van der Waals surface area contributed by atoms with Crippen molar-refractivity contribution in [1.29, 1.82) is 0 Å². The molecule has 4 saturated carbocycles. The molecule has 0 amide bonds. The van der Waals surface area contributed by atoms with E-state index < -0.39 is 30.1 Å². The topological polar surface area (TPSA) is 12.0 Å². The minimum atomic E-state index is -1.75. The van der Waals surface area contributed by atoms with Crippen LogP contribution in [0.2, 0.25) is 11.5 Å². The average Bonchev–Trinajstić information content (AvgIpc) is 3.03. The molecule has 0 saturated heterocycles. The van der Waals surface area contributed by atoms with Crippen LogP contribution >= 0.6 is 0 Å². The first kappa shape index (κ1) is 29.8. The molecule has 1 unspecified atom stereocenters. The van der Waals surface area contributed by atoms with E-state index >= 15 is 0 Å². The summed E-state index contributed by atoms with van der Waals surface area (Å²) in [5.41, 5.74) is 9.81. The molecule has 2 aromatic carbocycles. The van der Waals surface area contributed by atoms with Crippen LogP contribution in [0.1, 0.15) is 87.0 Å². The van der Waals surface area contributed by atoms with Gasteiger partial charge in [-0.25, -0.2) is 0 Å². The van der Waals surface area contributed by atoms with Gasteiger partial charge in [-0.15, -0.1) is 0 Å². The average molecular weight is 663 g/mol. The van der Waals surface area contributed by atoms with Gasteiger partial charge in [0.15, 0.2) is 0 Å². The number of benzene rings is 2. The molecule has 209 valence electrons. The molecule has 7 rings (SSSR count). The molecule has 0 spiro atoms. The Balaban J connectivity index is 0.000000214. The third-order valence-electron chi connectivity index (χ3n) is 10.6. The predicted molar refractivity (Wildman–Crippen MR) is 169 cm³/mol. The fraction of sp³-hybridized carbons (Fsp3) is 0.556. The Bertz CT molecular complexity index is 1170. The van der Waals surface area contributed by atoms with Crippen LogP contribution < -0.4 is 3.26 Å². The van der Waals surface area contributed by atoms with E-state index in [9.17, 15) is 0 Å². The van der Waals surface area contributed by atoms with Gasteiger partial charge in [-0.1, -0.05) is 60.7 Å². The largest absolute Gasteiger partial charge is 0.0622 e. The molecule has 0 aliphatic heterocycles. The molecule has 5 aliphatic rings. The smallest absolute Gasteiger partial charge is 0.0184 e. The van der Waals surface area contributed by atoms with Gasteiger partial charge in [0.1, 0.15) is 0 Å². The van der Waals surface area contributed by atoms with Crippen molar-refractivity contribution >= 4 is 10.6 Å². The summed E-state index contributed by atoms with van der Waals surface area (Å²) >= 11 is -1.75. The van der Waals surface area contributed by atoms with E-state index in [2.05, 4.69) is 112 Å². The van der Waals surface area contributed by atoms with Gasteiger partial charge in [-0.2, -0.15) is 0 Å². The normalized spacial score (nSPS) is 35.0. The van der Waals surface area contributed by atoms with Crippen LogP contribution in [0.15, 0.2) is 80.7 Å². The molecule has 0 aromatic heterocycles. The first-order valence-electron chi connectivity index (χ1n) is 15.4. The van der Waals surface area contributed by atoms with Crippen molar-refractivity contribution in [1.82, 2.24) is 3.26 Å². The molecule has 5 aliphatic carbocycles. The van der Waals surface area contributed by atoms with Gasteiger partial charge in [0.25, 0.3) is 0 Å². The van der Waals surface area contributed by atoms with E-state index in [1.54, 1.807) is 16.7 Å². The van der Waals surface area contributed by atoms with Crippen LogP contribution in [0.5, 0.6) is 0 Å². The van der Waals surface area contributed by atoms with E-state index in [0.717, 1.165) is 5.92 Å². The van der Waals surface area contributed by atoms with Crippen LogP contribution in [0.25, 0.3) is 11.1 Å². The Morgan fingerprint density at radius 3 is 1.41 bits per heavy atom. The SMILES string of the molecule is CC1=C(C)C(C)[C]([Zr]([NH]C23CC4(C)CC(C)(CC(C)(C4)C2)C3)[GeH]([CH3])[CH3])=C1C.c1ccc(-c2ccccc2)cc1. The molecule has 1 N–H and O–H groups in total. The Kier molecular flexibility index (Phi) is 8.29. The van der Waals surface area contributed by atoms with Crippen LogP contribution in [-0.2, 0) is 19.5 Å². The van der Waals surface area contributed by atoms with Crippen molar-refractivity contribution in [2.24, 2.45) is 22.2 Å². The van der Waals surface area contributed by atoms with E-state index in [0.29, 0.717) is 21.8 Å². The van der Waals surface area contributed by atoms with Crippen LogP contribution in [0.4, 0.5) is 0 Å². The molecule has 4 bridgehead atoms. The summed E-state index contributed by atoms with van der Waals surface area (Å²) in [4.78, 5) is 0. The summed E-state index contributed by atoms with van der Waals surface area (Å²) in [6.45, 7) is 17.7. The standard InChI is InChI=1S/C13H22N.C12H10.C9H13.C2H7Ge.Zr/c1-10-4-11(2)6-12(3,5-10)9-13(14,7-10)8-11;1-3-7-11(8-4-1)12-9-5-2-6-10-12;1-6-5-7(2)9(4)8(6)3;1-3-2;/h14H,4-9H2,1-3H3;1-10H;6H,1-4H3;3H,1-2H3;/q-1;;;;+1. The summed E-state index contributed by atoms with van der Waals surface area (Å²) in [5, 5.41) is 0. The van der Waals surface area contributed by atoms with E-state index in [4.69, 9.17) is 0 Å². The molecule has 1 nitrogen and oxygen atoms in total. The second-order valence-corrected chi connectivity index (χ2v) is 46.0. The van der Waals surface area contributed by atoms with Crippen molar-refractivity contribution in [3.63, 3.8) is 0 Å². The zero-order valence-corrected chi connectivity index (χ0v) is 31.1. The van der Waals surface area contributed by atoms with Crippen LogP contribution in [0.3, 0.4) is 0 Å². The van der Waals surface area contributed by atoms with Gasteiger partial charge in [0, 0.05) is 0 Å². The Labute approximate surface area is 249 Å². The molecule has 0 heterocycles. The third kappa shape index (κ3) is 5.96. The van der Waals surface area contributed by atoms with Crippen molar-refractivity contribution in [2.75, 3.05) is 0 Å². The summed E-state index contributed by atoms with van der Waals surface area (Å²) in [7, 11) is -1.19. The summed E-state index contributed by atoms with van der Waals surface area (Å²) in [6, 6.07) is 20.8. The molecule has 3 heteroatoms. The van der Waals surface area contributed by atoms with Gasteiger partial charge in [0.2, 0.25) is 0 Å². The molecular weight excluding hydrogens is 610 g/mol. The van der Waals surface area contributed by atoms with E-state index in [1.165, 1.54) is 49.7 Å². The number of allylic oxidation sites excluding steroid dienone is 4. The fourth-order valence-corrected chi connectivity index (χ4v) is 38.9. The number of hydrogen-bond acceptors (Lipinski definition) is 1. The monoisotopic (exact) mass is 662 g/mol. The van der Waals surface area contributed by atoms with Crippen molar-refractivity contribution in [3.8, 4) is 11.1 Å². The second kappa shape index (κ2) is 10.9. The van der Waals surface area contributed by atoms with Crippen LogP contribution in [-0.4, -0.2) is 16.1 Å². The zero-order chi connectivity index (χ0) is 28.2. The summed E-state index contributed by atoms with van der Waals surface area (Å²) in [5.74, 6) is 6.14. The van der Waals surface area contributed by atoms with Gasteiger partial charge in [0.05, 0.1) is 0 Å². The first-order valence-corrected chi connectivity index (χ1v) is 31.3. The number of nitrogens with one attached hydrogen (secondary N) is 1. The fourth-order valence-electron chi connectivity index (χ4n) is 10.3. The van der Waals surface area contributed by atoms with Gasteiger partial charge < -0.3 is 0 Å². The van der Waals surface area contributed by atoms with Crippen LogP contribution in [0, 0.1) is 22.2 Å². The maximum atomic E-state index is 4.68. The molecule has 4 fully saturated rings. The maximum Gasteiger partial charge on any atom is -0.0184 e. The molecule has 0 radical (unpaired) electrons. The van der Waals surface area contributed by atoms with Crippen molar-refractivity contribution in [2.45, 2.75) is 104 Å². The zero-order valence-electron chi connectivity index (χ0n) is 26.2. The quantitative estimate of drug-likeness (QED) is 0.315. The molecule has 39 heavy (non-hydrogen) atoms. The van der Waals surface area contributed by atoms with Gasteiger partial charge >= 0.3 is 180 Å². The maximum absolute atomic E-state index is 4.68. The second-order valence-electron chi connectivity index (χ2n) is 15.3. The molecule has 1 atom stereocenters. The van der Waals surface area contributed by atoms with Gasteiger partial charge in [-0.05, 0) is 11.1 Å². The molecular formula is C36H52GeNZr. The van der Waals surface area contributed by atoms with E-state index in [-0.39, 0.29) is 0 Å². The number of hydrogen-bond donors (Lipinski definition) is 1. The minimum Gasteiger partial charge on any atom is -0.0622 e. The summed E-state index contributed by atoms with van der Waals surface area (Å²) in [6.07, 6.45) is 8.86. The van der Waals surface area contributed by atoms with Crippen molar-refractivity contribution < 1.29 is 19.5 Å². The number of rotatable bonds is 5. The minimum absolute atomic E-state index is 0.481.